The molecule has 1 fully saturated rings. The first-order valence-electron chi connectivity index (χ1n) is 6.08. The number of amides is 1. The van der Waals surface area contributed by atoms with Gasteiger partial charge in [0.2, 0.25) is 5.91 Å². The second kappa shape index (κ2) is 6.28. The van der Waals surface area contributed by atoms with Gasteiger partial charge in [0.05, 0.1) is 5.75 Å². The molecule has 1 rings (SSSR count). The molecule has 1 amide bonds. The Morgan fingerprint density at radius 2 is 1.71 bits per heavy atom. The van der Waals surface area contributed by atoms with E-state index in [1.165, 1.54) is 24.6 Å². The molecule has 4 nitrogen and oxygen atoms in total. The summed E-state index contributed by atoms with van der Waals surface area (Å²) in [4.78, 5) is 24.7. The van der Waals surface area contributed by atoms with E-state index in [0.29, 0.717) is 0 Å². The first-order chi connectivity index (χ1) is 7.93. The highest BCUT2D eigenvalue weighted by Gasteiger charge is 2.29. The highest BCUT2D eigenvalue weighted by atomic mass is 32.2. The molecule has 17 heavy (non-hydrogen) atoms. The smallest absolute Gasteiger partial charge is 0.319 e. The Morgan fingerprint density at radius 1 is 1.18 bits per heavy atom. The molecule has 0 unspecified atom stereocenters. The Labute approximate surface area is 107 Å². The average Bonchev–Trinajstić information content (AvgIpc) is 2.54. The summed E-state index contributed by atoms with van der Waals surface area (Å²) in [6, 6.07) is 0. The molecule has 0 spiro atoms. The normalized spacial score (nSPS) is 17.6. The number of carboxylic acid groups (broad SMARTS) is 1. The topological polar surface area (TPSA) is 57.6 Å². The van der Waals surface area contributed by atoms with Crippen molar-refractivity contribution in [2.45, 2.75) is 44.3 Å². The van der Waals surface area contributed by atoms with Crippen molar-refractivity contribution in [2.24, 2.45) is 0 Å². The minimum Gasteiger partial charge on any atom is -0.480 e. The van der Waals surface area contributed by atoms with Gasteiger partial charge < -0.3 is 10.0 Å². The molecule has 1 aliphatic rings. The second-order valence-corrected chi connectivity index (χ2v) is 6.50. The van der Waals surface area contributed by atoms with Crippen molar-refractivity contribution in [1.29, 1.82) is 0 Å². The lowest BCUT2D eigenvalue weighted by Crippen LogP contribution is -2.36. The van der Waals surface area contributed by atoms with Gasteiger partial charge in [-0.1, -0.05) is 12.8 Å². The summed E-state index contributed by atoms with van der Waals surface area (Å²) in [5.41, 5.74) is 0. The molecule has 0 bridgehead atoms. The number of aliphatic carboxylic acids is 1. The number of hydrogen-bond donors (Lipinski definition) is 1. The van der Waals surface area contributed by atoms with Gasteiger partial charge in [0.15, 0.2) is 0 Å². The lowest BCUT2D eigenvalue weighted by molar-refractivity contribution is -0.138. The van der Waals surface area contributed by atoms with Crippen LogP contribution in [0.5, 0.6) is 0 Å². The summed E-state index contributed by atoms with van der Waals surface area (Å²) in [7, 11) is 0. The van der Waals surface area contributed by atoms with Crippen molar-refractivity contribution < 1.29 is 14.7 Å². The van der Waals surface area contributed by atoms with Crippen LogP contribution in [-0.4, -0.2) is 45.5 Å². The monoisotopic (exact) mass is 259 g/mol. The van der Waals surface area contributed by atoms with Crippen LogP contribution in [0, 0.1) is 0 Å². The van der Waals surface area contributed by atoms with Crippen LogP contribution in [-0.2, 0) is 9.59 Å². The maximum absolute atomic E-state index is 11.9. The Kier molecular flexibility index (Phi) is 5.31. The summed E-state index contributed by atoms with van der Waals surface area (Å²) in [6.45, 7) is 4.92. The molecule has 1 saturated heterocycles. The van der Waals surface area contributed by atoms with Crippen LogP contribution < -0.4 is 0 Å². The highest BCUT2D eigenvalue weighted by molar-refractivity contribution is 8.01. The highest BCUT2D eigenvalue weighted by Crippen LogP contribution is 2.25. The fourth-order valence-electron chi connectivity index (χ4n) is 1.72. The molecule has 1 N–H and O–H groups in total. The van der Waals surface area contributed by atoms with Crippen LogP contribution in [0.4, 0.5) is 0 Å². The molecule has 0 aromatic heterocycles. The van der Waals surface area contributed by atoms with E-state index >= 15 is 0 Å². The maximum Gasteiger partial charge on any atom is 0.319 e. The van der Waals surface area contributed by atoms with Crippen molar-refractivity contribution >= 4 is 23.6 Å². The summed E-state index contributed by atoms with van der Waals surface area (Å²) in [5, 5.41) is 8.96. The summed E-state index contributed by atoms with van der Waals surface area (Å²) in [5.74, 6) is -0.531. The first-order valence-corrected chi connectivity index (χ1v) is 7.07. The Hall–Kier alpha value is -0.710. The number of hydrogen-bond acceptors (Lipinski definition) is 3. The third kappa shape index (κ3) is 4.58. The third-order valence-corrected chi connectivity index (χ3v) is 4.32. The van der Waals surface area contributed by atoms with E-state index in [-0.39, 0.29) is 11.7 Å². The molecular weight excluding hydrogens is 238 g/mol. The van der Waals surface area contributed by atoms with Gasteiger partial charge in [-0.2, -0.15) is 0 Å². The first kappa shape index (κ1) is 14.4. The van der Waals surface area contributed by atoms with Crippen molar-refractivity contribution in [3.05, 3.63) is 0 Å². The van der Waals surface area contributed by atoms with E-state index in [1.54, 1.807) is 13.8 Å². The molecular formula is C12H21NO3S. The number of carbonyl (C=O) groups is 2. The lowest BCUT2D eigenvalue weighted by atomic mass is 10.2. The number of carboxylic acids is 1. The minimum absolute atomic E-state index is 0.0752. The zero-order chi connectivity index (χ0) is 12.9. The van der Waals surface area contributed by atoms with Crippen molar-refractivity contribution in [2.75, 3.05) is 18.8 Å². The van der Waals surface area contributed by atoms with Gasteiger partial charge in [-0.05, 0) is 26.7 Å². The van der Waals surface area contributed by atoms with Gasteiger partial charge in [-0.3, -0.25) is 9.59 Å². The zero-order valence-electron chi connectivity index (χ0n) is 10.6. The van der Waals surface area contributed by atoms with Crippen LogP contribution in [0.15, 0.2) is 0 Å². The predicted octanol–water partition coefficient (Wildman–Crippen LogP) is 1.99. The SMILES string of the molecule is CC(C)(SCC(=O)N1CCCCCC1)C(=O)O. The van der Waals surface area contributed by atoms with E-state index in [0.717, 1.165) is 25.9 Å². The molecule has 0 atom stereocenters. The minimum atomic E-state index is -0.887. The number of thioether (sulfide) groups is 1. The Balaban J connectivity index is 2.40. The van der Waals surface area contributed by atoms with E-state index in [2.05, 4.69) is 0 Å². The van der Waals surface area contributed by atoms with Gasteiger partial charge in [0.25, 0.3) is 0 Å². The number of rotatable bonds is 4. The van der Waals surface area contributed by atoms with Crippen LogP contribution in [0.1, 0.15) is 39.5 Å². The third-order valence-electron chi connectivity index (χ3n) is 3.03. The van der Waals surface area contributed by atoms with Crippen LogP contribution in [0.3, 0.4) is 0 Å². The number of nitrogens with zero attached hydrogens (tertiary/aromatic N) is 1. The average molecular weight is 259 g/mol. The van der Waals surface area contributed by atoms with Crippen molar-refractivity contribution in [3.8, 4) is 0 Å². The second-order valence-electron chi connectivity index (χ2n) is 4.90. The summed E-state index contributed by atoms with van der Waals surface area (Å²) >= 11 is 1.20. The van der Waals surface area contributed by atoms with E-state index in [1.807, 2.05) is 4.90 Å². The Bertz CT molecular complexity index is 283. The molecule has 1 heterocycles. The molecule has 0 aromatic carbocycles. The predicted molar refractivity (Wildman–Crippen MR) is 69.2 cm³/mol. The van der Waals surface area contributed by atoms with Gasteiger partial charge in [-0.15, -0.1) is 11.8 Å². The van der Waals surface area contributed by atoms with Gasteiger partial charge >= 0.3 is 5.97 Å². The molecule has 5 heteroatoms. The van der Waals surface area contributed by atoms with E-state index in [4.69, 9.17) is 5.11 Å². The molecule has 0 aromatic rings. The van der Waals surface area contributed by atoms with E-state index in [9.17, 15) is 9.59 Å². The van der Waals surface area contributed by atoms with Gasteiger partial charge in [0.1, 0.15) is 4.75 Å². The molecule has 1 aliphatic heterocycles. The largest absolute Gasteiger partial charge is 0.480 e. The molecule has 98 valence electrons. The number of likely N-dealkylation sites (tertiary alicyclic amines) is 1. The van der Waals surface area contributed by atoms with Gasteiger partial charge in [-0.25, -0.2) is 0 Å². The van der Waals surface area contributed by atoms with Crippen LogP contribution in [0.25, 0.3) is 0 Å². The maximum atomic E-state index is 11.9. The van der Waals surface area contributed by atoms with Crippen LogP contribution in [0.2, 0.25) is 0 Å². The summed E-state index contributed by atoms with van der Waals surface area (Å²) in [6.07, 6.45) is 4.52. The van der Waals surface area contributed by atoms with Crippen molar-refractivity contribution in [3.63, 3.8) is 0 Å². The zero-order valence-corrected chi connectivity index (χ0v) is 11.4. The fraction of sp³-hybridized carbons (Fsp3) is 0.833. The van der Waals surface area contributed by atoms with E-state index < -0.39 is 10.7 Å². The lowest BCUT2D eigenvalue weighted by Gasteiger charge is -2.23. The Morgan fingerprint density at radius 3 is 2.18 bits per heavy atom. The summed E-state index contributed by atoms with van der Waals surface area (Å²) < 4.78 is -0.887. The molecule has 0 saturated carbocycles. The number of carbonyl (C=O) groups excluding carboxylic acids is 1. The van der Waals surface area contributed by atoms with Gasteiger partial charge in [0, 0.05) is 13.1 Å². The quantitative estimate of drug-likeness (QED) is 0.839. The molecule has 0 aliphatic carbocycles. The van der Waals surface area contributed by atoms with Crippen LogP contribution >= 0.6 is 11.8 Å². The fourth-order valence-corrected chi connectivity index (χ4v) is 2.51. The van der Waals surface area contributed by atoms with Crippen molar-refractivity contribution in [1.82, 2.24) is 4.90 Å². The standard InChI is InChI=1S/C12H21NO3S/c1-12(2,11(15)16)17-9-10(14)13-7-5-3-4-6-8-13/h3-9H2,1-2H3,(H,15,16). The molecule has 0 radical (unpaired) electrons.